The molecule has 0 aliphatic carbocycles. The molecule has 0 unspecified atom stereocenters. The largest absolute Gasteiger partial charge is 0.479 e. The summed E-state index contributed by atoms with van der Waals surface area (Å²) in [6, 6.07) is 24.7. The SMILES string of the molecule is Cc1ccc(-c2c([C@H](OC(C)(C)C)C(=O)O)c(C)cc3nc(CCc4ccccc4)ccc23)cc1. The molecule has 4 nitrogen and oxygen atoms in total. The molecule has 1 aromatic heterocycles. The molecule has 4 rings (SSSR count). The second kappa shape index (κ2) is 10.0. The summed E-state index contributed by atoms with van der Waals surface area (Å²) in [7, 11) is 0. The molecule has 180 valence electrons. The molecule has 1 N–H and O–H groups in total. The third kappa shape index (κ3) is 5.77. The fraction of sp³-hybridized carbons (Fsp3) is 0.290. The van der Waals surface area contributed by atoms with E-state index < -0.39 is 17.7 Å². The van der Waals surface area contributed by atoms with E-state index in [9.17, 15) is 9.90 Å². The van der Waals surface area contributed by atoms with E-state index >= 15 is 0 Å². The lowest BCUT2D eigenvalue weighted by molar-refractivity contribution is -0.160. The normalized spacial score (nSPS) is 12.6. The zero-order valence-electron chi connectivity index (χ0n) is 21.1. The van der Waals surface area contributed by atoms with E-state index in [-0.39, 0.29) is 0 Å². The molecule has 1 heterocycles. The number of fused-ring (bicyclic) bond motifs is 1. The fourth-order valence-corrected chi connectivity index (χ4v) is 4.48. The first-order chi connectivity index (χ1) is 16.6. The summed E-state index contributed by atoms with van der Waals surface area (Å²) >= 11 is 0. The number of carboxylic acid groups (broad SMARTS) is 1. The van der Waals surface area contributed by atoms with Gasteiger partial charge in [-0.3, -0.25) is 4.98 Å². The number of pyridine rings is 1. The molecule has 0 aliphatic heterocycles. The number of ether oxygens (including phenoxy) is 1. The molecular weight excluding hydrogens is 434 g/mol. The van der Waals surface area contributed by atoms with Crippen molar-refractivity contribution in [1.29, 1.82) is 0 Å². The Labute approximate surface area is 207 Å². The van der Waals surface area contributed by atoms with Crippen molar-refractivity contribution in [2.75, 3.05) is 0 Å². The van der Waals surface area contributed by atoms with Gasteiger partial charge >= 0.3 is 5.97 Å². The summed E-state index contributed by atoms with van der Waals surface area (Å²) in [6.07, 6.45) is 0.668. The quantitative estimate of drug-likeness (QED) is 0.311. The van der Waals surface area contributed by atoms with Gasteiger partial charge in [0.25, 0.3) is 0 Å². The van der Waals surface area contributed by atoms with Crippen LogP contribution in [0.4, 0.5) is 0 Å². The number of rotatable bonds is 7. The van der Waals surface area contributed by atoms with Crippen molar-refractivity contribution in [2.24, 2.45) is 0 Å². The average Bonchev–Trinajstić information content (AvgIpc) is 2.81. The Kier molecular flexibility index (Phi) is 7.04. The highest BCUT2D eigenvalue weighted by molar-refractivity contribution is 5.99. The van der Waals surface area contributed by atoms with Crippen LogP contribution in [0, 0.1) is 13.8 Å². The first kappa shape index (κ1) is 24.6. The highest BCUT2D eigenvalue weighted by Gasteiger charge is 2.31. The van der Waals surface area contributed by atoms with Gasteiger partial charge in [0.2, 0.25) is 0 Å². The number of hydrogen-bond donors (Lipinski definition) is 1. The Bertz CT molecular complexity index is 1340. The van der Waals surface area contributed by atoms with Crippen LogP contribution in [0.1, 0.15) is 54.8 Å². The van der Waals surface area contributed by atoms with E-state index in [1.54, 1.807) is 0 Å². The van der Waals surface area contributed by atoms with Gasteiger partial charge in [0.1, 0.15) is 0 Å². The van der Waals surface area contributed by atoms with Gasteiger partial charge in [-0.25, -0.2) is 4.79 Å². The maximum absolute atomic E-state index is 12.4. The van der Waals surface area contributed by atoms with Crippen LogP contribution in [0.25, 0.3) is 22.0 Å². The van der Waals surface area contributed by atoms with Crippen LogP contribution in [-0.2, 0) is 22.4 Å². The first-order valence-corrected chi connectivity index (χ1v) is 12.1. The lowest BCUT2D eigenvalue weighted by Crippen LogP contribution is -2.28. The molecule has 35 heavy (non-hydrogen) atoms. The van der Waals surface area contributed by atoms with E-state index in [2.05, 4.69) is 48.5 Å². The second-order valence-corrected chi connectivity index (χ2v) is 10.2. The monoisotopic (exact) mass is 467 g/mol. The predicted octanol–water partition coefficient (Wildman–Crippen LogP) is 7.24. The van der Waals surface area contributed by atoms with E-state index in [1.165, 1.54) is 5.56 Å². The molecule has 0 bridgehead atoms. The molecule has 1 atom stereocenters. The Morgan fingerprint density at radius 1 is 0.943 bits per heavy atom. The molecule has 0 spiro atoms. The lowest BCUT2D eigenvalue weighted by atomic mass is 9.88. The molecule has 3 aromatic carbocycles. The van der Waals surface area contributed by atoms with E-state index in [0.29, 0.717) is 5.56 Å². The smallest absolute Gasteiger partial charge is 0.337 e. The van der Waals surface area contributed by atoms with Crippen molar-refractivity contribution in [2.45, 2.75) is 59.2 Å². The lowest BCUT2D eigenvalue weighted by Gasteiger charge is -2.28. The Morgan fingerprint density at radius 3 is 2.26 bits per heavy atom. The Hall–Kier alpha value is -3.50. The minimum absolute atomic E-state index is 0.617. The third-order valence-corrected chi connectivity index (χ3v) is 6.11. The van der Waals surface area contributed by atoms with Crippen molar-refractivity contribution in [1.82, 2.24) is 4.98 Å². The predicted molar refractivity (Wildman–Crippen MR) is 142 cm³/mol. The van der Waals surface area contributed by atoms with E-state index in [0.717, 1.165) is 51.7 Å². The van der Waals surface area contributed by atoms with Gasteiger partial charge in [0, 0.05) is 16.6 Å². The summed E-state index contributed by atoms with van der Waals surface area (Å²) < 4.78 is 6.09. The number of nitrogens with zero attached hydrogens (tertiary/aromatic N) is 1. The number of aryl methyl sites for hydroxylation is 4. The van der Waals surface area contributed by atoms with Gasteiger partial charge in [0.05, 0.1) is 11.1 Å². The topological polar surface area (TPSA) is 59.4 Å². The van der Waals surface area contributed by atoms with Crippen molar-refractivity contribution in [3.63, 3.8) is 0 Å². The second-order valence-electron chi connectivity index (χ2n) is 10.2. The number of carboxylic acids is 1. The number of benzene rings is 3. The van der Waals surface area contributed by atoms with Crippen molar-refractivity contribution >= 4 is 16.9 Å². The maximum atomic E-state index is 12.4. The fourth-order valence-electron chi connectivity index (χ4n) is 4.48. The van der Waals surface area contributed by atoms with Crippen molar-refractivity contribution < 1.29 is 14.6 Å². The minimum atomic E-state index is -1.09. The standard InChI is InChI=1S/C31H33NO3/c1-20-11-14-23(15-12-20)28-25-18-17-24(16-13-22-9-7-6-8-10-22)32-26(25)19-21(2)27(28)29(30(33)34)35-31(3,4)5/h6-12,14-15,17-19,29H,13,16H2,1-5H3,(H,33,34)/t29-/m0/s1. The summed E-state index contributed by atoms with van der Waals surface area (Å²) in [4.78, 5) is 17.4. The molecule has 0 fully saturated rings. The van der Waals surface area contributed by atoms with Gasteiger partial charge in [0.15, 0.2) is 6.10 Å². The van der Waals surface area contributed by atoms with Crippen LogP contribution in [-0.4, -0.2) is 21.7 Å². The molecule has 0 radical (unpaired) electrons. The van der Waals surface area contributed by atoms with E-state index in [1.807, 2.05) is 58.9 Å². The van der Waals surface area contributed by atoms with Crippen LogP contribution in [0.15, 0.2) is 72.8 Å². The van der Waals surface area contributed by atoms with E-state index in [4.69, 9.17) is 9.72 Å². The highest BCUT2D eigenvalue weighted by atomic mass is 16.5. The minimum Gasteiger partial charge on any atom is -0.479 e. The van der Waals surface area contributed by atoms with Crippen LogP contribution in [0.3, 0.4) is 0 Å². The number of carbonyl (C=O) groups is 1. The van der Waals surface area contributed by atoms with Gasteiger partial charge in [-0.05, 0) is 81.8 Å². The number of aliphatic carboxylic acids is 1. The zero-order chi connectivity index (χ0) is 25.2. The zero-order valence-corrected chi connectivity index (χ0v) is 21.1. The summed E-state index contributed by atoms with van der Waals surface area (Å²) in [6.45, 7) is 9.64. The maximum Gasteiger partial charge on any atom is 0.337 e. The molecule has 0 saturated carbocycles. The summed E-state index contributed by atoms with van der Waals surface area (Å²) in [5.41, 5.74) is 7.07. The summed E-state index contributed by atoms with van der Waals surface area (Å²) in [5.74, 6) is -0.997. The van der Waals surface area contributed by atoms with Crippen LogP contribution in [0.2, 0.25) is 0 Å². The van der Waals surface area contributed by atoms with Crippen molar-refractivity contribution in [3.05, 3.63) is 101 Å². The molecular formula is C31H33NO3. The first-order valence-electron chi connectivity index (χ1n) is 12.1. The molecule has 0 amide bonds. The molecule has 0 aliphatic rings. The van der Waals surface area contributed by atoms with Gasteiger partial charge in [-0.1, -0.05) is 66.2 Å². The molecule has 4 aromatic rings. The van der Waals surface area contributed by atoms with Crippen LogP contribution >= 0.6 is 0 Å². The molecule has 4 heteroatoms. The molecule has 0 saturated heterocycles. The Balaban J connectivity index is 1.87. The van der Waals surface area contributed by atoms with Gasteiger partial charge < -0.3 is 9.84 Å². The van der Waals surface area contributed by atoms with Gasteiger partial charge in [-0.2, -0.15) is 0 Å². The number of hydrogen-bond acceptors (Lipinski definition) is 3. The van der Waals surface area contributed by atoms with Crippen LogP contribution < -0.4 is 0 Å². The van der Waals surface area contributed by atoms with Crippen LogP contribution in [0.5, 0.6) is 0 Å². The van der Waals surface area contributed by atoms with Crippen molar-refractivity contribution in [3.8, 4) is 11.1 Å². The number of aromatic nitrogens is 1. The van der Waals surface area contributed by atoms with Gasteiger partial charge in [-0.15, -0.1) is 0 Å². The third-order valence-electron chi connectivity index (χ3n) is 6.11. The highest BCUT2D eigenvalue weighted by Crippen LogP contribution is 2.40. The average molecular weight is 468 g/mol. The summed E-state index contributed by atoms with van der Waals surface area (Å²) in [5, 5.41) is 11.1. The Morgan fingerprint density at radius 2 is 1.63 bits per heavy atom.